The standard InChI is InChI=1S/C10H15NO2/c1-3-8(2)11-10(12)9-4-6-13-7-5-9/h3-4,8H,1,5-7H2,2H3,(H,11,12). The van der Waals surface area contributed by atoms with Gasteiger partial charge in [-0.3, -0.25) is 4.79 Å². The third kappa shape index (κ3) is 3.03. The third-order valence-corrected chi connectivity index (χ3v) is 1.97. The van der Waals surface area contributed by atoms with Crippen LogP contribution in [0.25, 0.3) is 0 Å². The highest BCUT2D eigenvalue weighted by Crippen LogP contribution is 2.07. The molecular formula is C10H15NO2. The lowest BCUT2D eigenvalue weighted by molar-refractivity contribution is -0.118. The number of hydrogen-bond donors (Lipinski definition) is 1. The minimum atomic E-state index is -0.00398. The molecule has 0 aromatic rings. The summed E-state index contributed by atoms with van der Waals surface area (Å²) in [5.74, 6) is -0.00398. The first-order valence-corrected chi connectivity index (χ1v) is 4.44. The van der Waals surface area contributed by atoms with Crippen LogP contribution in [0.4, 0.5) is 0 Å². The van der Waals surface area contributed by atoms with E-state index in [0.717, 1.165) is 5.57 Å². The van der Waals surface area contributed by atoms with Gasteiger partial charge in [-0.05, 0) is 6.92 Å². The van der Waals surface area contributed by atoms with E-state index in [0.29, 0.717) is 19.6 Å². The molecule has 1 amide bonds. The Hall–Kier alpha value is -1.09. The molecule has 1 aliphatic rings. The summed E-state index contributed by atoms with van der Waals surface area (Å²) in [5.41, 5.74) is 0.819. The molecule has 0 fully saturated rings. The molecular weight excluding hydrogens is 166 g/mol. The minimum Gasteiger partial charge on any atom is -0.377 e. The van der Waals surface area contributed by atoms with Crippen molar-refractivity contribution in [3.05, 3.63) is 24.3 Å². The Bertz CT molecular complexity index is 233. The Labute approximate surface area is 78.5 Å². The molecule has 0 saturated heterocycles. The summed E-state index contributed by atoms with van der Waals surface area (Å²) in [6.45, 7) is 6.68. The molecule has 3 nitrogen and oxygen atoms in total. The lowest BCUT2D eigenvalue weighted by atomic mass is 10.1. The van der Waals surface area contributed by atoms with Gasteiger partial charge in [0.05, 0.1) is 13.2 Å². The Morgan fingerprint density at radius 1 is 1.85 bits per heavy atom. The van der Waals surface area contributed by atoms with Crippen LogP contribution in [0.5, 0.6) is 0 Å². The van der Waals surface area contributed by atoms with Gasteiger partial charge in [0, 0.05) is 18.0 Å². The summed E-state index contributed by atoms with van der Waals surface area (Å²) in [7, 11) is 0. The van der Waals surface area contributed by atoms with Gasteiger partial charge in [-0.15, -0.1) is 6.58 Å². The van der Waals surface area contributed by atoms with E-state index in [1.165, 1.54) is 0 Å². The highest BCUT2D eigenvalue weighted by molar-refractivity contribution is 5.93. The predicted molar refractivity (Wildman–Crippen MR) is 51.3 cm³/mol. The lowest BCUT2D eigenvalue weighted by Crippen LogP contribution is -2.33. The first kappa shape index (κ1) is 9.99. The van der Waals surface area contributed by atoms with Crippen molar-refractivity contribution in [2.45, 2.75) is 19.4 Å². The zero-order valence-corrected chi connectivity index (χ0v) is 7.88. The van der Waals surface area contributed by atoms with Crippen LogP contribution >= 0.6 is 0 Å². The largest absolute Gasteiger partial charge is 0.377 e. The van der Waals surface area contributed by atoms with E-state index in [-0.39, 0.29) is 11.9 Å². The fourth-order valence-electron chi connectivity index (χ4n) is 1.09. The summed E-state index contributed by atoms with van der Waals surface area (Å²) in [6, 6.07) is 0.0243. The molecule has 1 rings (SSSR count). The highest BCUT2D eigenvalue weighted by atomic mass is 16.5. The number of rotatable bonds is 3. The lowest BCUT2D eigenvalue weighted by Gasteiger charge is -2.15. The van der Waals surface area contributed by atoms with Gasteiger partial charge in [0.25, 0.3) is 0 Å². The summed E-state index contributed by atoms with van der Waals surface area (Å²) >= 11 is 0. The summed E-state index contributed by atoms with van der Waals surface area (Å²) in [4.78, 5) is 11.5. The van der Waals surface area contributed by atoms with E-state index in [4.69, 9.17) is 4.74 Å². The molecule has 0 saturated carbocycles. The van der Waals surface area contributed by atoms with E-state index in [1.54, 1.807) is 6.08 Å². The fraction of sp³-hybridized carbons (Fsp3) is 0.500. The molecule has 0 radical (unpaired) electrons. The molecule has 3 heteroatoms. The average molecular weight is 181 g/mol. The van der Waals surface area contributed by atoms with Gasteiger partial charge in [-0.25, -0.2) is 0 Å². The van der Waals surface area contributed by atoms with E-state index in [2.05, 4.69) is 11.9 Å². The fourth-order valence-corrected chi connectivity index (χ4v) is 1.09. The van der Waals surface area contributed by atoms with Crippen LogP contribution in [-0.4, -0.2) is 25.2 Å². The second-order valence-electron chi connectivity index (χ2n) is 3.05. The molecule has 1 N–H and O–H groups in total. The quantitative estimate of drug-likeness (QED) is 0.660. The molecule has 0 aliphatic carbocycles. The third-order valence-electron chi connectivity index (χ3n) is 1.97. The van der Waals surface area contributed by atoms with Crippen molar-refractivity contribution >= 4 is 5.91 Å². The maximum Gasteiger partial charge on any atom is 0.247 e. The van der Waals surface area contributed by atoms with Crippen molar-refractivity contribution in [1.82, 2.24) is 5.32 Å². The van der Waals surface area contributed by atoms with Gasteiger partial charge >= 0.3 is 0 Å². The van der Waals surface area contributed by atoms with Crippen LogP contribution in [0, 0.1) is 0 Å². The first-order valence-electron chi connectivity index (χ1n) is 4.44. The van der Waals surface area contributed by atoms with Crippen LogP contribution in [-0.2, 0) is 9.53 Å². The Morgan fingerprint density at radius 3 is 3.15 bits per heavy atom. The van der Waals surface area contributed by atoms with E-state index in [9.17, 15) is 4.79 Å². The Balaban J connectivity index is 2.46. The van der Waals surface area contributed by atoms with Crippen molar-refractivity contribution in [2.24, 2.45) is 0 Å². The molecule has 0 spiro atoms. The second-order valence-corrected chi connectivity index (χ2v) is 3.05. The molecule has 1 unspecified atom stereocenters. The topological polar surface area (TPSA) is 38.3 Å². The van der Waals surface area contributed by atoms with Crippen LogP contribution in [0.15, 0.2) is 24.3 Å². The molecule has 13 heavy (non-hydrogen) atoms. The van der Waals surface area contributed by atoms with Crippen LogP contribution < -0.4 is 5.32 Å². The van der Waals surface area contributed by atoms with Crippen molar-refractivity contribution in [3.8, 4) is 0 Å². The molecule has 1 heterocycles. The number of ether oxygens (including phenoxy) is 1. The van der Waals surface area contributed by atoms with E-state index in [1.807, 2.05) is 13.0 Å². The molecule has 0 aromatic heterocycles. The monoisotopic (exact) mass is 181 g/mol. The van der Waals surface area contributed by atoms with E-state index < -0.39 is 0 Å². The average Bonchev–Trinajstić information content (AvgIpc) is 2.19. The minimum absolute atomic E-state index is 0.00398. The zero-order chi connectivity index (χ0) is 9.68. The van der Waals surface area contributed by atoms with Crippen LogP contribution in [0.3, 0.4) is 0 Å². The van der Waals surface area contributed by atoms with Crippen LogP contribution in [0.2, 0.25) is 0 Å². The van der Waals surface area contributed by atoms with E-state index >= 15 is 0 Å². The van der Waals surface area contributed by atoms with Gasteiger partial charge in [0.2, 0.25) is 5.91 Å². The summed E-state index contributed by atoms with van der Waals surface area (Å²) in [5, 5.41) is 2.82. The molecule has 1 aliphatic heterocycles. The SMILES string of the molecule is C=CC(C)NC(=O)C1=CCOCC1. The van der Waals surface area contributed by atoms with Crippen molar-refractivity contribution in [2.75, 3.05) is 13.2 Å². The van der Waals surface area contributed by atoms with Crippen molar-refractivity contribution < 1.29 is 9.53 Å². The number of amides is 1. The highest BCUT2D eigenvalue weighted by Gasteiger charge is 2.12. The van der Waals surface area contributed by atoms with Gasteiger partial charge in [-0.1, -0.05) is 12.2 Å². The Kier molecular flexibility index (Phi) is 3.71. The number of nitrogens with one attached hydrogen (secondary N) is 1. The molecule has 72 valence electrons. The normalized spacial score (nSPS) is 18.7. The number of hydrogen-bond acceptors (Lipinski definition) is 2. The summed E-state index contributed by atoms with van der Waals surface area (Å²) in [6.07, 6.45) is 4.24. The van der Waals surface area contributed by atoms with Gasteiger partial charge in [-0.2, -0.15) is 0 Å². The van der Waals surface area contributed by atoms with Gasteiger partial charge in [0.15, 0.2) is 0 Å². The molecule has 0 bridgehead atoms. The second kappa shape index (κ2) is 4.82. The molecule has 1 atom stereocenters. The van der Waals surface area contributed by atoms with Crippen molar-refractivity contribution in [1.29, 1.82) is 0 Å². The number of carbonyl (C=O) groups is 1. The first-order chi connectivity index (χ1) is 6.24. The maximum atomic E-state index is 11.5. The summed E-state index contributed by atoms with van der Waals surface area (Å²) < 4.78 is 5.10. The zero-order valence-electron chi connectivity index (χ0n) is 7.88. The van der Waals surface area contributed by atoms with Gasteiger partial charge in [0.1, 0.15) is 0 Å². The predicted octanol–water partition coefficient (Wildman–Crippen LogP) is 1.02. The van der Waals surface area contributed by atoms with Crippen LogP contribution in [0.1, 0.15) is 13.3 Å². The number of carbonyl (C=O) groups excluding carboxylic acids is 1. The van der Waals surface area contributed by atoms with Crippen molar-refractivity contribution in [3.63, 3.8) is 0 Å². The smallest absolute Gasteiger partial charge is 0.247 e. The Morgan fingerprint density at radius 2 is 2.62 bits per heavy atom. The molecule has 0 aromatic carbocycles. The van der Waals surface area contributed by atoms with Gasteiger partial charge < -0.3 is 10.1 Å². The maximum absolute atomic E-state index is 11.5.